The van der Waals surface area contributed by atoms with Gasteiger partial charge in [-0.25, -0.2) is 4.39 Å². The van der Waals surface area contributed by atoms with Gasteiger partial charge in [0.25, 0.3) is 0 Å². The molecule has 4 heteroatoms. The van der Waals surface area contributed by atoms with E-state index in [0.29, 0.717) is 12.4 Å². The van der Waals surface area contributed by atoms with E-state index in [2.05, 4.69) is 0 Å². The Bertz CT molecular complexity index is 416. The van der Waals surface area contributed by atoms with E-state index in [-0.39, 0.29) is 17.3 Å². The van der Waals surface area contributed by atoms with Gasteiger partial charge in [0.2, 0.25) is 0 Å². The lowest BCUT2D eigenvalue weighted by Gasteiger charge is -2.20. The van der Waals surface area contributed by atoms with Crippen molar-refractivity contribution in [3.63, 3.8) is 0 Å². The fourth-order valence-corrected chi connectivity index (χ4v) is 1.78. The number of ketones is 1. The van der Waals surface area contributed by atoms with Crippen molar-refractivity contribution in [3.8, 4) is 5.75 Å². The van der Waals surface area contributed by atoms with Crippen molar-refractivity contribution < 1.29 is 18.7 Å². The van der Waals surface area contributed by atoms with Gasteiger partial charge in [-0.15, -0.1) is 0 Å². The molecule has 0 aliphatic heterocycles. The van der Waals surface area contributed by atoms with E-state index in [1.54, 1.807) is 0 Å². The molecule has 100 valence electrons. The van der Waals surface area contributed by atoms with Crippen molar-refractivity contribution in [2.45, 2.75) is 26.9 Å². The number of halogens is 1. The normalized spacial score (nSPS) is 12.6. The molecule has 1 atom stereocenters. The van der Waals surface area contributed by atoms with E-state index in [1.165, 1.54) is 25.3 Å². The van der Waals surface area contributed by atoms with Crippen LogP contribution in [0, 0.1) is 11.7 Å². The predicted molar refractivity (Wildman–Crippen MR) is 67.5 cm³/mol. The number of methoxy groups -OCH3 is 1. The van der Waals surface area contributed by atoms with Crippen molar-refractivity contribution >= 4 is 5.78 Å². The predicted octanol–water partition coefficient (Wildman–Crippen LogP) is 3.08. The summed E-state index contributed by atoms with van der Waals surface area (Å²) in [5, 5.41) is 0. The lowest BCUT2D eigenvalue weighted by Crippen LogP contribution is -2.30. The second-order valence-electron chi connectivity index (χ2n) is 4.33. The van der Waals surface area contributed by atoms with Crippen LogP contribution in [0.5, 0.6) is 5.75 Å². The Morgan fingerprint density at radius 2 is 2.06 bits per heavy atom. The molecule has 0 aliphatic rings. The van der Waals surface area contributed by atoms with Crippen molar-refractivity contribution in [3.05, 3.63) is 29.6 Å². The number of carbonyl (C=O) groups is 1. The summed E-state index contributed by atoms with van der Waals surface area (Å²) >= 11 is 0. The molecule has 0 aliphatic carbocycles. The van der Waals surface area contributed by atoms with E-state index in [9.17, 15) is 9.18 Å². The fraction of sp³-hybridized carbons (Fsp3) is 0.500. The minimum absolute atomic E-state index is 0.0189. The number of hydrogen-bond acceptors (Lipinski definition) is 3. The van der Waals surface area contributed by atoms with Crippen LogP contribution >= 0.6 is 0 Å². The highest BCUT2D eigenvalue weighted by Gasteiger charge is 2.26. The largest absolute Gasteiger partial charge is 0.496 e. The Hall–Kier alpha value is -1.42. The van der Waals surface area contributed by atoms with Crippen molar-refractivity contribution in [1.29, 1.82) is 0 Å². The van der Waals surface area contributed by atoms with Crippen LogP contribution in [0.25, 0.3) is 0 Å². The molecule has 0 radical (unpaired) electrons. The van der Waals surface area contributed by atoms with Gasteiger partial charge in [-0.1, -0.05) is 13.8 Å². The molecule has 1 aromatic carbocycles. The molecule has 0 bridgehead atoms. The van der Waals surface area contributed by atoms with E-state index in [0.717, 1.165) is 0 Å². The maximum Gasteiger partial charge on any atom is 0.195 e. The summed E-state index contributed by atoms with van der Waals surface area (Å²) in [6, 6.07) is 3.90. The molecular weight excluding hydrogens is 235 g/mol. The highest BCUT2D eigenvalue weighted by atomic mass is 19.1. The van der Waals surface area contributed by atoms with Gasteiger partial charge in [0, 0.05) is 6.61 Å². The van der Waals surface area contributed by atoms with E-state index >= 15 is 0 Å². The standard InChI is InChI=1S/C14H19FO3/c1-5-18-14(9(2)3)13(16)11-8-10(15)6-7-12(11)17-4/h6-9,14H,5H2,1-4H3. The van der Waals surface area contributed by atoms with Crippen LogP contribution in [0.3, 0.4) is 0 Å². The van der Waals surface area contributed by atoms with Gasteiger partial charge in [-0.2, -0.15) is 0 Å². The van der Waals surface area contributed by atoms with Crippen molar-refractivity contribution in [2.24, 2.45) is 5.92 Å². The highest BCUT2D eigenvalue weighted by molar-refractivity contribution is 6.02. The maximum absolute atomic E-state index is 13.2. The van der Waals surface area contributed by atoms with Gasteiger partial charge < -0.3 is 9.47 Å². The summed E-state index contributed by atoms with van der Waals surface area (Å²) in [5.74, 6) is -0.321. The third-order valence-electron chi connectivity index (χ3n) is 2.64. The van der Waals surface area contributed by atoms with Crippen LogP contribution in [-0.2, 0) is 4.74 Å². The minimum atomic E-state index is -0.578. The summed E-state index contributed by atoms with van der Waals surface area (Å²) in [5.41, 5.74) is 0.227. The van der Waals surface area contributed by atoms with Crippen LogP contribution in [0.2, 0.25) is 0 Å². The van der Waals surface area contributed by atoms with Crippen LogP contribution in [-0.4, -0.2) is 25.6 Å². The summed E-state index contributed by atoms with van der Waals surface area (Å²) in [6.07, 6.45) is -0.578. The smallest absolute Gasteiger partial charge is 0.195 e. The summed E-state index contributed by atoms with van der Waals surface area (Å²) < 4.78 is 23.8. The molecule has 0 saturated carbocycles. The van der Waals surface area contributed by atoms with E-state index < -0.39 is 11.9 Å². The van der Waals surface area contributed by atoms with E-state index in [4.69, 9.17) is 9.47 Å². The minimum Gasteiger partial charge on any atom is -0.496 e. The zero-order chi connectivity index (χ0) is 13.7. The lowest BCUT2D eigenvalue weighted by molar-refractivity contribution is 0.0277. The van der Waals surface area contributed by atoms with Crippen molar-refractivity contribution in [2.75, 3.05) is 13.7 Å². The SMILES string of the molecule is CCOC(C(=O)c1cc(F)ccc1OC)C(C)C. The number of rotatable bonds is 6. The highest BCUT2D eigenvalue weighted by Crippen LogP contribution is 2.23. The van der Waals surface area contributed by atoms with Crippen LogP contribution in [0.4, 0.5) is 4.39 Å². The van der Waals surface area contributed by atoms with Gasteiger partial charge in [-0.3, -0.25) is 4.79 Å². The molecule has 0 N–H and O–H groups in total. The topological polar surface area (TPSA) is 35.5 Å². The lowest BCUT2D eigenvalue weighted by atomic mass is 9.97. The van der Waals surface area contributed by atoms with Crippen molar-refractivity contribution in [1.82, 2.24) is 0 Å². The zero-order valence-corrected chi connectivity index (χ0v) is 11.2. The first-order valence-electron chi connectivity index (χ1n) is 6.00. The maximum atomic E-state index is 13.2. The molecule has 0 fully saturated rings. The van der Waals surface area contributed by atoms with Gasteiger partial charge in [-0.05, 0) is 31.0 Å². The Kier molecular flexibility index (Phi) is 5.28. The van der Waals surface area contributed by atoms with Gasteiger partial charge in [0.05, 0.1) is 12.7 Å². The number of carbonyl (C=O) groups excluding carboxylic acids is 1. The molecular formula is C14H19FO3. The number of Topliss-reactive ketones (excluding diaryl/α,β-unsaturated/α-hetero) is 1. The quantitative estimate of drug-likeness (QED) is 0.732. The van der Waals surface area contributed by atoms with Crippen LogP contribution in [0.15, 0.2) is 18.2 Å². The van der Waals surface area contributed by atoms with Gasteiger partial charge in [0.1, 0.15) is 17.7 Å². The molecule has 1 unspecified atom stereocenters. The van der Waals surface area contributed by atoms with Gasteiger partial charge >= 0.3 is 0 Å². The molecule has 0 aromatic heterocycles. The average Bonchev–Trinajstić information content (AvgIpc) is 2.34. The number of ether oxygens (including phenoxy) is 2. The second-order valence-corrected chi connectivity index (χ2v) is 4.33. The molecule has 0 heterocycles. The third kappa shape index (κ3) is 3.29. The van der Waals surface area contributed by atoms with Crippen LogP contribution in [0.1, 0.15) is 31.1 Å². The number of hydrogen-bond donors (Lipinski definition) is 0. The monoisotopic (exact) mass is 254 g/mol. The Balaban J connectivity index is 3.11. The summed E-state index contributed by atoms with van der Waals surface area (Å²) in [7, 11) is 1.45. The molecule has 0 saturated heterocycles. The second kappa shape index (κ2) is 6.50. The Morgan fingerprint density at radius 1 is 1.39 bits per heavy atom. The first-order chi connectivity index (χ1) is 8.51. The fourth-order valence-electron chi connectivity index (χ4n) is 1.78. The molecule has 1 aromatic rings. The summed E-state index contributed by atoms with van der Waals surface area (Å²) in [6.45, 7) is 6.05. The first-order valence-corrected chi connectivity index (χ1v) is 6.00. The third-order valence-corrected chi connectivity index (χ3v) is 2.64. The Labute approximate surface area is 107 Å². The molecule has 0 spiro atoms. The van der Waals surface area contributed by atoms with E-state index in [1.807, 2.05) is 20.8 Å². The molecule has 0 amide bonds. The molecule has 3 nitrogen and oxygen atoms in total. The first kappa shape index (κ1) is 14.6. The number of benzene rings is 1. The Morgan fingerprint density at radius 3 is 2.56 bits per heavy atom. The average molecular weight is 254 g/mol. The molecule has 1 rings (SSSR count). The van der Waals surface area contributed by atoms with Crippen LogP contribution < -0.4 is 4.74 Å². The summed E-state index contributed by atoms with van der Waals surface area (Å²) in [4.78, 5) is 12.3. The van der Waals surface area contributed by atoms with Gasteiger partial charge in [0.15, 0.2) is 5.78 Å². The zero-order valence-electron chi connectivity index (χ0n) is 11.2. The molecule has 18 heavy (non-hydrogen) atoms.